The Bertz CT molecular complexity index is 235. The van der Waals surface area contributed by atoms with E-state index in [1.165, 1.54) is 45.1 Å². The third-order valence-corrected chi connectivity index (χ3v) is 4.45. The van der Waals surface area contributed by atoms with Gasteiger partial charge in [0.1, 0.15) is 0 Å². The summed E-state index contributed by atoms with van der Waals surface area (Å²) in [7, 11) is 0. The molecule has 2 aliphatic rings. The third-order valence-electron chi connectivity index (χ3n) is 4.45. The second-order valence-electron chi connectivity index (χ2n) is 6.73. The number of hydrogen-bond donors (Lipinski definition) is 1. The maximum absolute atomic E-state index is 5.99. The van der Waals surface area contributed by atoms with Crippen LogP contribution in [0.25, 0.3) is 0 Å². The molecule has 0 aromatic carbocycles. The SMILES string of the molecule is CC(C)CNCC1(CC2CCC(C)O2)CCC1. The molecule has 0 spiro atoms. The molecule has 17 heavy (non-hydrogen) atoms. The van der Waals surface area contributed by atoms with Gasteiger partial charge in [0, 0.05) is 6.54 Å². The quantitative estimate of drug-likeness (QED) is 0.767. The van der Waals surface area contributed by atoms with E-state index in [-0.39, 0.29) is 0 Å². The van der Waals surface area contributed by atoms with E-state index in [1.54, 1.807) is 0 Å². The molecular weight excluding hydrogens is 210 g/mol. The summed E-state index contributed by atoms with van der Waals surface area (Å²) in [5, 5.41) is 3.66. The van der Waals surface area contributed by atoms with E-state index in [4.69, 9.17) is 4.74 Å². The molecule has 0 aromatic rings. The summed E-state index contributed by atoms with van der Waals surface area (Å²) in [6.07, 6.45) is 9.13. The Hall–Kier alpha value is -0.0800. The summed E-state index contributed by atoms with van der Waals surface area (Å²) >= 11 is 0. The van der Waals surface area contributed by atoms with Gasteiger partial charge in [0.25, 0.3) is 0 Å². The highest BCUT2D eigenvalue weighted by molar-refractivity contribution is 4.93. The molecule has 2 nitrogen and oxygen atoms in total. The monoisotopic (exact) mass is 239 g/mol. The molecule has 2 heteroatoms. The summed E-state index contributed by atoms with van der Waals surface area (Å²) in [5.41, 5.74) is 0.573. The highest BCUT2D eigenvalue weighted by Gasteiger charge is 2.40. The van der Waals surface area contributed by atoms with Crippen LogP contribution in [0.2, 0.25) is 0 Å². The van der Waals surface area contributed by atoms with E-state index in [1.807, 2.05) is 0 Å². The fraction of sp³-hybridized carbons (Fsp3) is 1.00. The average molecular weight is 239 g/mol. The van der Waals surface area contributed by atoms with Crippen LogP contribution >= 0.6 is 0 Å². The van der Waals surface area contributed by atoms with Crippen LogP contribution < -0.4 is 5.32 Å². The van der Waals surface area contributed by atoms with Crippen LogP contribution in [0.3, 0.4) is 0 Å². The van der Waals surface area contributed by atoms with Crippen LogP contribution in [0.5, 0.6) is 0 Å². The van der Waals surface area contributed by atoms with Crippen LogP contribution in [0.1, 0.15) is 59.3 Å². The second kappa shape index (κ2) is 5.71. The van der Waals surface area contributed by atoms with Gasteiger partial charge in [0.05, 0.1) is 12.2 Å². The molecule has 2 unspecified atom stereocenters. The topological polar surface area (TPSA) is 21.3 Å². The fourth-order valence-corrected chi connectivity index (χ4v) is 3.27. The van der Waals surface area contributed by atoms with E-state index < -0.39 is 0 Å². The van der Waals surface area contributed by atoms with E-state index in [0.717, 1.165) is 12.5 Å². The van der Waals surface area contributed by atoms with Crippen molar-refractivity contribution in [1.29, 1.82) is 0 Å². The third kappa shape index (κ3) is 3.69. The van der Waals surface area contributed by atoms with Crippen molar-refractivity contribution in [2.24, 2.45) is 11.3 Å². The summed E-state index contributed by atoms with van der Waals surface area (Å²) in [4.78, 5) is 0. The fourth-order valence-electron chi connectivity index (χ4n) is 3.27. The molecule has 1 aliphatic heterocycles. The van der Waals surface area contributed by atoms with Crippen LogP contribution in [0.15, 0.2) is 0 Å². The van der Waals surface area contributed by atoms with Crippen molar-refractivity contribution in [3.63, 3.8) is 0 Å². The second-order valence-corrected chi connectivity index (χ2v) is 6.73. The van der Waals surface area contributed by atoms with Crippen molar-refractivity contribution < 1.29 is 4.74 Å². The van der Waals surface area contributed by atoms with Crippen molar-refractivity contribution in [1.82, 2.24) is 5.32 Å². The minimum atomic E-state index is 0.501. The first-order valence-corrected chi connectivity index (χ1v) is 7.46. The normalized spacial score (nSPS) is 31.8. The Labute approximate surface area is 107 Å². The maximum Gasteiger partial charge on any atom is 0.0585 e. The van der Waals surface area contributed by atoms with E-state index in [2.05, 4.69) is 26.1 Å². The molecule has 100 valence electrons. The first-order chi connectivity index (χ1) is 8.10. The lowest BCUT2D eigenvalue weighted by molar-refractivity contribution is -0.00408. The zero-order chi connectivity index (χ0) is 12.3. The first-order valence-electron chi connectivity index (χ1n) is 7.46. The Kier molecular flexibility index (Phi) is 4.48. The van der Waals surface area contributed by atoms with Crippen LogP contribution in [-0.4, -0.2) is 25.3 Å². The number of rotatable bonds is 6. The Morgan fingerprint density at radius 3 is 2.53 bits per heavy atom. The summed E-state index contributed by atoms with van der Waals surface area (Å²) in [6, 6.07) is 0. The van der Waals surface area contributed by atoms with Gasteiger partial charge in [-0.2, -0.15) is 0 Å². The van der Waals surface area contributed by atoms with Gasteiger partial charge >= 0.3 is 0 Å². The molecule has 1 saturated carbocycles. The molecule has 0 amide bonds. The molecule has 0 radical (unpaired) electrons. The molecule has 1 N–H and O–H groups in total. The molecule has 2 atom stereocenters. The predicted octanol–water partition coefficient (Wildman–Crippen LogP) is 3.36. The summed E-state index contributed by atoms with van der Waals surface area (Å²) in [6.45, 7) is 9.14. The minimum Gasteiger partial charge on any atom is -0.375 e. The lowest BCUT2D eigenvalue weighted by Gasteiger charge is -2.44. The van der Waals surface area contributed by atoms with Crippen molar-refractivity contribution in [3.05, 3.63) is 0 Å². The minimum absolute atomic E-state index is 0.501. The van der Waals surface area contributed by atoms with Gasteiger partial charge < -0.3 is 10.1 Å². The zero-order valence-corrected chi connectivity index (χ0v) is 11.8. The van der Waals surface area contributed by atoms with Crippen LogP contribution in [0.4, 0.5) is 0 Å². The maximum atomic E-state index is 5.99. The molecule has 2 fully saturated rings. The smallest absolute Gasteiger partial charge is 0.0585 e. The Balaban J connectivity index is 1.74. The highest BCUT2D eigenvalue weighted by Crippen LogP contribution is 2.46. The lowest BCUT2D eigenvalue weighted by Crippen LogP contribution is -2.43. The van der Waals surface area contributed by atoms with Crippen molar-refractivity contribution in [2.45, 2.75) is 71.5 Å². The van der Waals surface area contributed by atoms with E-state index in [0.29, 0.717) is 17.6 Å². The average Bonchev–Trinajstić information content (AvgIpc) is 2.59. The predicted molar refractivity (Wildman–Crippen MR) is 72.2 cm³/mol. The van der Waals surface area contributed by atoms with Crippen LogP contribution in [-0.2, 0) is 4.74 Å². The molecular formula is C15H29NO. The lowest BCUT2D eigenvalue weighted by atomic mass is 9.65. The van der Waals surface area contributed by atoms with Crippen LogP contribution in [0, 0.1) is 11.3 Å². The zero-order valence-electron chi connectivity index (χ0n) is 11.8. The standard InChI is InChI=1S/C15H29NO/c1-12(2)10-16-11-15(7-4-8-15)9-14-6-5-13(3)17-14/h12-14,16H,4-11H2,1-3H3. The van der Waals surface area contributed by atoms with Gasteiger partial charge in [-0.15, -0.1) is 0 Å². The number of hydrogen-bond acceptors (Lipinski definition) is 2. The van der Waals surface area contributed by atoms with Gasteiger partial charge in [0.2, 0.25) is 0 Å². The van der Waals surface area contributed by atoms with Crippen molar-refractivity contribution in [2.75, 3.05) is 13.1 Å². The Morgan fingerprint density at radius 2 is 2.06 bits per heavy atom. The largest absolute Gasteiger partial charge is 0.375 e. The number of ether oxygens (including phenoxy) is 1. The Morgan fingerprint density at radius 1 is 1.29 bits per heavy atom. The molecule has 1 saturated heterocycles. The van der Waals surface area contributed by atoms with Gasteiger partial charge in [-0.05, 0) is 56.9 Å². The van der Waals surface area contributed by atoms with Gasteiger partial charge in [-0.1, -0.05) is 20.3 Å². The first kappa shape index (κ1) is 13.4. The van der Waals surface area contributed by atoms with Crippen molar-refractivity contribution in [3.8, 4) is 0 Å². The van der Waals surface area contributed by atoms with Gasteiger partial charge in [-0.25, -0.2) is 0 Å². The van der Waals surface area contributed by atoms with E-state index in [9.17, 15) is 0 Å². The molecule has 2 rings (SSSR count). The molecule has 1 aliphatic carbocycles. The highest BCUT2D eigenvalue weighted by atomic mass is 16.5. The summed E-state index contributed by atoms with van der Waals surface area (Å²) in [5.74, 6) is 0.759. The van der Waals surface area contributed by atoms with E-state index >= 15 is 0 Å². The number of nitrogens with one attached hydrogen (secondary N) is 1. The summed E-state index contributed by atoms with van der Waals surface area (Å²) < 4.78 is 5.99. The molecule has 0 aromatic heterocycles. The molecule has 0 bridgehead atoms. The van der Waals surface area contributed by atoms with Gasteiger partial charge in [-0.3, -0.25) is 0 Å². The van der Waals surface area contributed by atoms with Gasteiger partial charge in [0.15, 0.2) is 0 Å². The molecule has 1 heterocycles. The van der Waals surface area contributed by atoms with Crippen molar-refractivity contribution >= 4 is 0 Å².